The van der Waals surface area contributed by atoms with Crippen LogP contribution in [0.2, 0.25) is 0 Å². The van der Waals surface area contributed by atoms with Gasteiger partial charge < -0.3 is 1.43 Å². The van der Waals surface area contributed by atoms with Gasteiger partial charge in [-0.3, -0.25) is 0 Å². The molecule has 0 atom stereocenters. The Labute approximate surface area is 64.5 Å². The van der Waals surface area contributed by atoms with Crippen LogP contribution in [0, 0.1) is 0 Å². The quantitative estimate of drug-likeness (QED) is 0.383. The van der Waals surface area contributed by atoms with E-state index in [1.54, 1.807) is 0 Å². The number of hydrogen-bond acceptors (Lipinski definition) is 2. The molecular formula is H6GeLiO3V. The standard InChI is InChI=1S/GeH4.Li.H2O.2O.V.H/h1H4;;1H2;;;;/q;+1;;;;+1;-1/p-1. The molecule has 0 fully saturated rings. The molecule has 0 bridgehead atoms. The Kier molecular flexibility index (Phi) is 25.0. The van der Waals surface area contributed by atoms with Gasteiger partial charge in [-0.15, -0.1) is 0 Å². The molecule has 6 heavy (non-hydrogen) atoms. The van der Waals surface area contributed by atoms with E-state index in [0.29, 0.717) is 0 Å². The summed E-state index contributed by atoms with van der Waals surface area (Å²) in [6.07, 6.45) is 0. The summed E-state index contributed by atoms with van der Waals surface area (Å²) in [4.78, 5) is 0. The van der Waals surface area contributed by atoms with Gasteiger partial charge in [0.05, 0.1) is 0 Å². The molecule has 0 radical (unpaired) electrons. The van der Waals surface area contributed by atoms with Crippen molar-refractivity contribution < 1.29 is 47.1 Å². The van der Waals surface area contributed by atoms with Gasteiger partial charge in [0.15, 0.2) is 0 Å². The fourth-order valence-corrected chi connectivity index (χ4v) is 0. The summed E-state index contributed by atoms with van der Waals surface area (Å²) < 4.78 is 24.4. The van der Waals surface area contributed by atoms with Crippen molar-refractivity contribution in [3.05, 3.63) is 0 Å². The van der Waals surface area contributed by atoms with Crippen LogP contribution in [0.15, 0.2) is 0 Å². The molecule has 6 heteroatoms. The van der Waals surface area contributed by atoms with Gasteiger partial charge >= 0.3 is 63.2 Å². The Morgan fingerprint density at radius 3 is 1.50 bits per heavy atom. The molecule has 0 aliphatic carbocycles. The minimum atomic E-state index is -3.69. The van der Waals surface area contributed by atoms with E-state index in [1.165, 1.54) is 0 Å². The maximum atomic E-state index is 8.67. The zero-order valence-electron chi connectivity index (χ0n) is 3.71. The predicted molar refractivity (Wildman–Crippen MR) is 16.0 cm³/mol. The van der Waals surface area contributed by atoms with Gasteiger partial charge in [-0.05, 0) is 0 Å². The Hall–Kier alpha value is 1.28. The van der Waals surface area contributed by atoms with Crippen LogP contribution in [-0.4, -0.2) is 21.6 Å². The Morgan fingerprint density at radius 1 is 1.50 bits per heavy atom. The minimum absolute atomic E-state index is 0. The molecule has 0 spiro atoms. The van der Waals surface area contributed by atoms with Crippen molar-refractivity contribution in [3.63, 3.8) is 0 Å². The summed E-state index contributed by atoms with van der Waals surface area (Å²) in [5.74, 6) is 0. The SMILES string of the molecule is [GeH4].[H-].[Li+].[O]=[V](=[O])[OH]. The average Bonchev–Trinajstić information content (AvgIpc) is 0.811. The Balaban J connectivity index is -0.0000000150. The van der Waals surface area contributed by atoms with Gasteiger partial charge in [0.1, 0.15) is 0 Å². The molecule has 0 heterocycles. The van der Waals surface area contributed by atoms with E-state index < -0.39 is 15.4 Å². The van der Waals surface area contributed by atoms with Crippen LogP contribution in [0.1, 0.15) is 1.43 Å². The zero-order chi connectivity index (χ0) is 3.58. The molecule has 34 valence electrons. The second kappa shape index (κ2) is 9.56. The molecule has 0 aromatic carbocycles. The third-order valence-corrected chi connectivity index (χ3v) is 0. The van der Waals surface area contributed by atoms with Crippen molar-refractivity contribution in [2.24, 2.45) is 0 Å². The van der Waals surface area contributed by atoms with E-state index in [1.807, 2.05) is 0 Å². The topological polar surface area (TPSA) is 54.4 Å². The third-order valence-electron chi connectivity index (χ3n) is 0. The van der Waals surface area contributed by atoms with E-state index in [4.69, 9.17) is 11.4 Å². The van der Waals surface area contributed by atoms with Crippen LogP contribution in [-0.2, 0) is 22.7 Å². The van der Waals surface area contributed by atoms with Crippen molar-refractivity contribution in [1.29, 1.82) is 0 Å². The van der Waals surface area contributed by atoms with Crippen molar-refractivity contribution >= 4 is 17.6 Å². The monoisotopic (exact) mass is 186 g/mol. The average molecular weight is 185 g/mol. The van der Waals surface area contributed by atoms with E-state index in [0.717, 1.165) is 0 Å². The van der Waals surface area contributed by atoms with E-state index in [-0.39, 0.29) is 37.9 Å². The first kappa shape index (κ1) is 15.7. The molecule has 0 aromatic heterocycles. The first-order valence-corrected chi connectivity index (χ1v) is 2.33. The van der Waals surface area contributed by atoms with Gasteiger partial charge in [0, 0.05) is 0 Å². The molecule has 0 rings (SSSR count). The molecule has 1 N–H and O–H groups in total. The van der Waals surface area contributed by atoms with E-state index >= 15 is 0 Å². The molecule has 0 unspecified atom stereocenters. The van der Waals surface area contributed by atoms with Crippen molar-refractivity contribution in [2.75, 3.05) is 0 Å². The van der Waals surface area contributed by atoms with Crippen LogP contribution in [0.3, 0.4) is 0 Å². The summed E-state index contributed by atoms with van der Waals surface area (Å²) in [5.41, 5.74) is 0. The van der Waals surface area contributed by atoms with Gasteiger partial charge in [-0.1, -0.05) is 0 Å². The molecule has 0 aliphatic rings. The summed E-state index contributed by atoms with van der Waals surface area (Å²) in [6, 6.07) is 0. The fraction of sp³-hybridized carbons (Fsp3) is 0. The van der Waals surface area contributed by atoms with E-state index in [9.17, 15) is 0 Å². The third kappa shape index (κ3) is 58.8. The summed E-state index contributed by atoms with van der Waals surface area (Å²) in [6.45, 7) is 0. The van der Waals surface area contributed by atoms with Crippen LogP contribution in [0.5, 0.6) is 0 Å². The number of rotatable bonds is 0. The molecule has 0 saturated heterocycles. The van der Waals surface area contributed by atoms with Crippen LogP contribution in [0.25, 0.3) is 0 Å². The Bertz CT molecular complexity index is 63.3. The molecule has 0 aromatic rings. The Morgan fingerprint density at radius 2 is 1.50 bits per heavy atom. The zero-order valence-corrected chi connectivity index (χ0v) is 4.11. The molecule has 0 amide bonds. The number of hydrogen-bond donors (Lipinski definition) is 1. The van der Waals surface area contributed by atoms with Crippen LogP contribution < -0.4 is 18.9 Å². The summed E-state index contributed by atoms with van der Waals surface area (Å²) >= 11 is -3.69. The van der Waals surface area contributed by atoms with Crippen molar-refractivity contribution in [3.8, 4) is 0 Å². The molecule has 0 saturated carbocycles. The second-order valence-electron chi connectivity index (χ2n) is 0.238. The van der Waals surface area contributed by atoms with E-state index in [2.05, 4.69) is 0 Å². The van der Waals surface area contributed by atoms with Crippen molar-refractivity contribution in [1.82, 2.24) is 0 Å². The molecular weight excluding hydrogens is 178 g/mol. The van der Waals surface area contributed by atoms with Gasteiger partial charge in [0.25, 0.3) is 0 Å². The van der Waals surface area contributed by atoms with Crippen LogP contribution >= 0.6 is 0 Å². The first-order valence-electron chi connectivity index (χ1n) is 0.565. The van der Waals surface area contributed by atoms with Crippen LogP contribution in [0.4, 0.5) is 0 Å². The fourth-order valence-electron chi connectivity index (χ4n) is 0. The summed E-state index contributed by atoms with van der Waals surface area (Å²) in [5, 5.41) is 0. The maximum absolute atomic E-state index is 8.67. The predicted octanol–water partition coefficient (Wildman–Crippen LogP) is -5.13. The molecule has 0 aliphatic heterocycles. The second-order valence-corrected chi connectivity index (χ2v) is 0.981. The van der Waals surface area contributed by atoms with Crippen molar-refractivity contribution in [2.45, 2.75) is 0 Å². The summed E-state index contributed by atoms with van der Waals surface area (Å²) in [7, 11) is 0. The first-order chi connectivity index (χ1) is 1.73. The normalized spacial score (nSPS) is 4.17. The molecule has 3 nitrogen and oxygen atoms in total. The van der Waals surface area contributed by atoms with Gasteiger partial charge in [-0.25, -0.2) is 0 Å². The van der Waals surface area contributed by atoms with Gasteiger partial charge in [-0.2, -0.15) is 0 Å². The van der Waals surface area contributed by atoms with Gasteiger partial charge in [0.2, 0.25) is 0 Å².